The van der Waals surface area contributed by atoms with Crippen molar-refractivity contribution >= 4 is 23.2 Å². The fourth-order valence-corrected chi connectivity index (χ4v) is 3.64. The summed E-state index contributed by atoms with van der Waals surface area (Å²) in [6.07, 6.45) is 0. The van der Waals surface area contributed by atoms with E-state index in [1.807, 2.05) is 26.0 Å². The molecule has 3 aromatic carbocycles. The van der Waals surface area contributed by atoms with Crippen LogP contribution in [0.15, 0.2) is 54.6 Å². The number of rotatable bonds is 8. The summed E-state index contributed by atoms with van der Waals surface area (Å²) in [5.74, 6) is -0.0924. The van der Waals surface area contributed by atoms with Gasteiger partial charge in [0.1, 0.15) is 11.6 Å². The number of hydrogen-bond acceptors (Lipinski definition) is 3. The predicted octanol–water partition coefficient (Wildman–Crippen LogP) is 7.57. The lowest BCUT2D eigenvalue weighted by atomic mass is 9.85. The third kappa shape index (κ3) is 5.88. The molecule has 3 aromatic rings. The molecular weight excluding hydrogens is 445 g/mol. The Hall–Kier alpha value is -2.34. The van der Waals surface area contributed by atoms with Crippen LogP contribution in [0.2, 0.25) is 10.0 Å². The average Bonchev–Trinajstić information content (AvgIpc) is 2.71. The van der Waals surface area contributed by atoms with Gasteiger partial charge in [-0.3, -0.25) is 0 Å². The molecule has 0 fully saturated rings. The number of halogens is 4. The highest BCUT2D eigenvalue weighted by Crippen LogP contribution is 2.38. The lowest BCUT2D eigenvalue weighted by Crippen LogP contribution is -2.24. The van der Waals surface area contributed by atoms with E-state index in [9.17, 15) is 8.78 Å². The maximum atomic E-state index is 14.1. The van der Waals surface area contributed by atoms with E-state index < -0.39 is 11.6 Å². The molecule has 0 unspecified atom stereocenters. The first-order valence-corrected chi connectivity index (χ1v) is 10.3. The Kier molecular flexibility index (Phi) is 7.42. The smallest absolute Gasteiger partial charge is 0.165 e. The van der Waals surface area contributed by atoms with E-state index in [4.69, 9.17) is 37.4 Å². The fraction of sp³-hybridized carbons (Fsp3) is 0.250. The highest BCUT2D eigenvalue weighted by molar-refractivity contribution is 6.37. The van der Waals surface area contributed by atoms with Gasteiger partial charge in [0, 0.05) is 5.41 Å². The Bertz CT molecular complexity index is 1030. The normalized spacial score (nSPS) is 11.5. The highest BCUT2D eigenvalue weighted by atomic mass is 35.5. The number of methoxy groups -OCH3 is 1. The molecule has 0 aliphatic heterocycles. The van der Waals surface area contributed by atoms with Gasteiger partial charge in [-0.15, -0.1) is 0 Å². The van der Waals surface area contributed by atoms with E-state index >= 15 is 0 Å². The standard InChI is InChI=1S/C24H22Cl2F2O3/c1-24(2,16-11-19(25)23(29-3)20(26)12-16)14-30-13-15-4-9-21(28)22(10-15)31-18-7-5-17(27)6-8-18/h4-12H,13-14H2,1-3H3. The zero-order chi connectivity index (χ0) is 22.6. The van der Waals surface area contributed by atoms with Crippen LogP contribution < -0.4 is 9.47 Å². The summed E-state index contributed by atoms with van der Waals surface area (Å²) in [4.78, 5) is 0. The van der Waals surface area contributed by atoms with Crippen LogP contribution in [0.25, 0.3) is 0 Å². The summed E-state index contributed by atoms with van der Waals surface area (Å²) in [7, 11) is 1.51. The minimum atomic E-state index is -0.518. The summed E-state index contributed by atoms with van der Waals surface area (Å²) in [5, 5.41) is 0.860. The lowest BCUT2D eigenvalue weighted by Gasteiger charge is -2.26. The van der Waals surface area contributed by atoms with E-state index in [1.54, 1.807) is 12.1 Å². The molecule has 0 aliphatic rings. The van der Waals surface area contributed by atoms with Crippen molar-refractivity contribution in [1.29, 1.82) is 0 Å². The van der Waals surface area contributed by atoms with Crippen LogP contribution in [-0.2, 0) is 16.8 Å². The van der Waals surface area contributed by atoms with Gasteiger partial charge < -0.3 is 14.2 Å². The van der Waals surface area contributed by atoms with Crippen molar-refractivity contribution < 1.29 is 23.0 Å². The number of hydrogen-bond donors (Lipinski definition) is 0. The Morgan fingerprint density at radius 2 is 1.55 bits per heavy atom. The van der Waals surface area contributed by atoms with Gasteiger partial charge in [0.25, 0.3) is 0 Å². The van der Waals surface area contributed by atoms with Crippen LogP contribution in [-0.4, -0.2) is 13.7 Å². The summed E-state index contributed by atoms with van der Waals surface area (Å²) in [5.41, 5.74) is 1.26. The molecule has 0 atom stereocenters. The zero-order valence-corrected chi connectivity index (χ0v) is 18.9. The summed E-state index contributed by atoms with van der Waals surface area (Å²) < 4.78 is 43.8. The van der Waals surface area contributed by atoms with Crippen molar-refractivity contribution in [3.05, 3.63) is 87.4 Å². The fourth-order valence-electron chi connectivity index (χ4n) is 3.00. The van der Waals surface area contributed by atoms with Gasteiger partial charge in [-0.2, -0.15) is 0 Å². The Morgan fingerprint density at radius 3 is 2.16 bits per heavy atom. The Morgan fingerprint density at radius 1 is 0.903 bits per heavy atom. The molecular formula is C24H22Cl2F2O3. The van der Waals surface area contributed by atoms with Crippen LogP contribution >= 0.6 is 23.2 Å². The minimum Gasteiger partial charge on any atom is -0.494 e. The molecule has 3 rings (SSSR count). The van der Waals surface area contributed by atoms with Crippen molar-refractivity contribution in [2.24, 2.45) is 0 Å². The molecule has 0 radical (unpaired) electrons. The van der Waals surface area contributed by atoms with Gasteiger partial charge >= 0.3 is 0 Å². The molecule has 164 valence electrons. The van der Waals surface area contributed by atoms with E-state index in [0.29, 0.717) is 28.2 Å². The second kappa shape index (κ2) is 9.86. The van der Waals surface area contributed by atoms with E-state index in [2.05, 4.69) is 0 Å². The van der Waals surface area contributed by atoms with Gasteiger partial charge in [-0.05, 0) is 59.7 Å². The maximum Gasteiger partial charge on any atom is 0.165 e. The monoisotopic (exact) mass is 466 g/mol. The summed E-state index contributed by atoms with van der Waals surface area (Å²) in [6.45, 7) is 4.64. The summed E-state index contributed by atoms with van der Waals surface area (Å²) >= 11 is 12.5. The molecule has 0 saturated carbocycles. The first kappa shape index (κ1) is 23.3. The predicted molar refractivity (Wildman–Crippen MR) is 119 cm³/mol. The molecule has 0 amide bonds. The van der Waals surface area contributed by atoms with Crippen molar-refractivity contribution in [2.75, 3.05) is 13.7 Å². The summed E-state index contributed by atoms with van der Waals surface area (Å²) in [6, 6.07) is 13.5. The Balaban J connectivity index is 1.66. The third-order valence-corrected chi connectivity index (χ3v) is 5.31. The van der Waals surface area contributed by atoms with E-state index in [0.717, 1.165) is 11.1 Å². The molecule has 0 aromatic heterocycles. The largest absolute Gasteiger partial charge is 0.494 e. The van der Waals surface area contributed by atoms with Crippen LogP contribution in [0.5, 0.6) is 17.2 Å². The van der Waals surface area contributed by atoms with E-state index in [-0.39, 0.29) is 17.8 Å². The van der Waals surface area contributed by atoms with Gasteiger partial charge in [-0.1, -0.05) is 43.1 Å². The van der Waals surface area contributed by atoms with Crippen LogP contribution in [0.1, 0.15) is 25.0 Å². The zero-order valence-electron chi connectivity index (χ0n) is 17.3. The quantitative estimate of drug-likeness (QED) is 0.342. The first-order valence-electron chi connectivity index (χ1n) is 9.53. The molecule has 0 saturated heterocycles. The highest BCUT2D eigenvalue weighted by Gasteiger charge is 2.24. The van der Waals surface area contributed by atoms with Gasteiger partial charge in [0.15, 0.2) is 17.3 Å². The number of benzene rings is 3. The molecule has 0 spiro atoms. The van der Waals surface area contributed by atoms with Crippen LogP contribution in [0, 0.1) is 11.6 Å². The van der Waals surface area contributed by atoms with Crippen LogP contribution in [0.4, 0.5) is 8.78 Å². The second-order valence-electron chi connectivity index (χ2n) is 7.67. The number of ether oxygens (including phenoxy) is 3. The maximum absolute atomic E-state index is 14.1. The third-order valence-electron chi connectivity index (χ3n) is 4.75. The average molecular weight is 467 g/mol. The molecule has 7 heteroatoms. The molecule has 0 aliphatic carbocycles. The molecule has 0 N–H and O–H groups in total. The lowest BCUT2D eigenvalue weighted by molar-refractivity contribution is 0.0823. The SMILES string of the molecule is COc1c(Cl)cc(C(C)(C)COCc2ccc(F)c(Oc3ccc(F)cc3)c2)cc1Cl. The molecule has 0 heterocycles. The van der Waals surface area contributed by atoms with Crippen molar-refractivity contribution in [3.8, 4) is 17.2 Å². The van der Waals surface area contributed by atoms with Crippen molar-refractivity contribution in [1.82, 2.24) is 0 Å². The first-order chi connectivity index (χ1) is 14.7. The second-order valence-corrected chi connectivity index (χ2v) is 8.48. The molecule has 0 bridgehead atoms. The van der Waals surface area contributed by atoms with Gasteiger partial charge in [0.2, 0.25) is 0 Å². The van der Waals surface area contributed by atoms with Crippen LogP contribution in [0.3, 0.4) is 0 Å². The van der Waals surface area contributed by atoms with Crippen molar-refractivity contribution in [3.63, 3.8) is 0 Å². The van der Waals surface area contributed by atoms with Crippen molar-refractivity contribution in [2.45, 2.75) is 25.9 Å². The topological polar surface area (TPSA) is 27.7 Å². The van der Waals surface area contributed by atoms with Gasteiger partial charge in [-0.25, -0.2) is 8.78 Å². The molecule has 31 heavy (non-hydrogen) atoms. The molecule has 3 nitrogen and oxygen atoms in total. The van der Waals surface area contributed by atoms with E-state index in [1.165, 1.54) is 37.4 Å². The van der Waals surface area contributed by atoms with Gasteiger partial charge in [0.05, 0.1) is 30.4 Å². The minimum absolute atomic E-state index is 0.0423. The Labute approximate surface area is 190 Å².